The first-order valence-electron chi connectivity index (χ1n) is 4.24. The highest BCUT2D eigenvalue weighted by atomic mass is 32.2. The Kier molecular flexibility index (Phi) is 14.8. The zero-order chi connectivity index (χ0) is 15.4. The third kappa shape index (κ3) is 36.1. The summed E-state index contributed by atoms with van der Waals surface area (Å²) in [6.45, 7) is 1.71. The predicted octanol–water partition coefficient (Wildman–Crippen LogP) is -0.648. The van der Waals surface area contributed by atoms with Crippen molar-refractivity contribution in [2.45, 2.75) is 19.4 Å². The standard InChI is InChI=1S/C4H10O2.2CH3FO3S/c1-2-4(6)3-5;2*2-1-6(3,4)5/h4-6H,2-3H2,1H3;2*1H2,(H,3,4,5). The Morgan fingerprint density at radius 2 is 1.22 bits per heavy atom. The van der Waals surface area contributed by atoms with E-state index in [1.54, 1.807) is 0 Å². The molecule has 0 saturated carbocycles. The molecule has 0 heterocycles. The minimum Gasteiger partial charge on any atom is -0.394 e. The maximum Gasteiger partial charge on any atom is 0.294 e. The fraction of sp³-hybridized carbons (Fsp3) is 1.00. The van der Waals surface area contributed by atoms with Crippen molar-refractivity contribution in [3.8, 4) is 0 Å². The van der Waals surface area contributed by atoms with Crippen LogP contribution in [-0.4, -0.2) is 60.9 Å². The van der Waals surface area contributed by atoms with Crippen LogP contribution < -0.4 is 0 Å². The number of halogens is 2. The monoisotopic (exact) mass is 318 g/mol. The molecule has 0 rings (SSSR count). The largest absolute Gasteiger partial charge is 0.394 e. The van der Waals surface area contributed by atoms with Gasteiger partial charge < -0.3 is 10.2 Å². The molecule has 4 N–H and O–H groups in total. The zero-order valence-corrected chi connectivity index (χ0v) is 11.0. The number of hydrogen-bond donors (Lipinski definition) is 4. The van der Waals surface area contributed by atoms with Crippen LogP contribution in [0.2, 0.25) is 0 Å². The van der Waals surface area contributed by atoms with E-state index in [2.05, 4.69) is 0 Å². The number of alkyl halides is 2. The number of aliphatic hydroxyl groups excluding tert-OH is 2. The van der Waals surface area contributed by atoms with Crippen molar-refractivity contribution in [1.82, 2.24) is 0 Å². The molecule has 0 aromatic carbocycles. The second-order valence-corrected chi connectivity index (χ2v) is 5.39. The second kappa shape index (κ2) is 11.7. The summed E-state index contributed by atoms with van der Waals surface area (Å²) >= 11 is 0. The van der Waals surface area contributed by atoms with E-state index in [0.717, 1.165) is 0 Å². The molecule has 0 fully saturated rings. The Balaban J connectivity index is -0.000000187. The van der Waals surface area contributed by atoms with E-state index in [-0.39, 0.29) is 6.61 Å². The third-order valence-electron chi connectivity index (χ3n) is 0.958. The molecule has 0 spiro atoms. The molecule has 0 radical (unpaired) electrons. The molecule has 0 aromatic heterocycles. The molecule has 114 valence electrons. The van der Waals surface area contributed by atoms with Gasteiger partial charge in [0.1, 0.15) is 0 Å². The molecule has 0 aliphatic carbocycles. The molecule has 0 bridgehead atoms. The van der Waals surface area contributed by atoms with Gasteiger partial charge in [0.15, 0.2) is 0 Å². The fourth-order valence-electron chi connectivity index (χ4n) is 0.129. The lowest BCUT2D eigenvalue weighted by Crippen LogP contribution is -2.08. The van der Waals surface area contributed by atoms with Crippen molar-refractivity contribution < 1.29 is 44.9 Å². The average Bonchev–Trinajstić information content (AvgIpc) is 2.27. The van der Waals surface area contributed by atoms with Gasteiger partial charge in [0.2, 0.25) is 12.0 Å². The molecular formula is C6H16F2O8S2. The molecule has 8 nitrogen and oxygen atoms in total. The van der Waals surface area contributed by atoms with Crippen LogP contribution in [0.15, 0.2) is 0 Å². The first-order chi connectivity index (χ1) is 7.93. The molecule has 0 aromatic rings. The topological polar surface area (TPSA) is 149 Å². The predicted molar refractivity (Wildman–Crippen MR) is 58.4 cm³/mol. The number of hydrogen-bond acceptors (Lipinski definition) is 6. The fourth-order valence-corrected chi connectivity index (χ4v) is 0.129. The first-order valence-corrected chi connectivity index (χ1v) is 7.46. The maximum absolute atomic E-state index is 10.7. The van der Waals surface area contributed by atoms with Gasteiger partial charge in [0.25, 0.3) is 20.2 Å². The highest BCUT2D eigenvalue weighted by Gasteiger charge is 1.98. The van der Waals surface area contributed by atoms with Gasteiger partial charge in [0.05, 0.1) is 12.7 Å². The van der Waals surface area contributed by atoms with Crippen molar-refractivity contribution in [3.63, 3.8) is 0 Å². The van der Waals surface area contributed by atoms with Crippen molar-refractivity contribution in [1.29, 1.82) is 0 Å². The molecular weight excluding hydrogens is 302 g/mol. The van der Waals surface area contributed by atoms with E-state index < -0.39 is 38.4 Å². The molecule has 0 aliphatic rings. The maximum atomic E-state index is 10.7. The summed E-state index contributed by atoms with van der Waals surface area (Å²) in [7, 11) is -8.66. The van der Waals surface area contributed by atoms with Crippen LogP contribution in [0.3, 0.4) is 0 Å². The lowest BCUT2D eigenvalue weighted by Gasteiger charge is -1.97. The summed E-state index contributed by atoms with van der Waals surface area (Å²) in [5, 5.41) is 16.5. The number of rotatable bonds is 4. The van der Waals surface area contributed by atoms with Crippen LogP contribution in [0.4, 0.5) is 8.78 Å². The van der Waals surface area contributed by atoms with Gasteiger partial charge in [-0.1, -0.05) is 6.92 Å². The van der Waals surface area contributed by atoms with Gasteiger partial charge >= 0.3 is 0 Å². The van der Waals surface area contributed by atoms with Gasteiger partial charge in [-0.25, -0.2) is 8.78 Å². The second-order valence-electron chi connectivity index (χ2n) is 2.63. The van der Waals surface area contributed by atoms with E-state index in [0.29, 0.717) is 6.42 Å². The summed E-state index contributed by atoms with van der Waals surface area (Å²) in [5.74, 6) is 0. The molecule has 18 heavy (non-hydrogen) atoms. The van der Waals surface area contributed by atoms with E-state index in [1.165, 1.54) is 0 Å². The normalized spacial score (nSPS) is 12.6. The van der Waals surface area contributed by atoms with Gasteiger partial charge in [-0.2, -0.15) is 16.8 Å². The summed E-state index contributed by atoms with van der Waals surface area (Å²) in [6, 6.07) is -3.40. The van der Waals surface area contributed by atoms with Gasteiger partial charge in [-0.15, -0.1) is 0 Å². The Labute approximate surface area is 104 Å². The molecule has 0 saturated heterocycles. The van der Waals surface area contributed by atoms with Crippen molar-refractivity contribution in [2.75, 3.05) is 18.6 Å². The quantitative estimate of drug-likeness (QED) is 0.500. The van der Waals surface area contributed by atoms with Crippen LogP contribution in [0.5, 0.6) is 0 Å². The average molecular weight is 318 g/mol. The molecule has 0 aliphatic heterocycles. The lowest BCUT2D eigenvalue weighted by molar-refractivity contribution is 0.0923. The Morgan fingerprint density at radius 3 is 1.22 bits per heavy atom. The smallest absolute Gasteiger partial charge is 0.294 e. The summed E-state index contributed by atoms with van der Waals surface area (Å²) < 4.78 is 72.9. The Hall–Kier alpha value is -0.400. The van der Waals surface area contributed by atoms with Crippen LogP contribution in [0.1, 0.15) is 13.3 Å². The minimum atomic E-state index is -4.33. The Bertz CT molecular complexity index is 329. The van der Waals surface area contributed by atoms with Gasteiger partial charge in [-0.05, 0) is 6.42 Å². The van der Waals surface area contributed by atoms with E-state index in [9.17, 15) is 25.6 Å². The highest BCUT2D eigenvalue weighted by molar-refractivity contribution is 7.85. The summed E-state index contributed by atoms with van der Waals surface area (Å²) in [4.78, 5) is 0. The highest BCUT2D eigenvalue weighted by Crippen LogP contribution is 1.83. The summed E-state index contributed by atoms with van der Waals surface area (Å²) in [5.41, 5.74) is 0. The van der Waals surface area contributed by atoms with Crippen molar-refractivity contribution in [2.24, 2.45) is 0 Å². The first kappa shape index (κ1) is 22.8. The Morgan fingerprint density at radius 1 is 1.00 bits per heavy atom. The van der Waals surface area contributed by atoms with Crippen LogP contribution in [0.25, 0.3) is 0 Å². The SMILES string of the molecule is CCC(O)CO.O=S(=O)(O)CF.O=S(=O)(O)CF. The van der Waals surface area contributed by atoms with Crippen LogP contribution in [-0.2, 0) is 20.2 Å². The van der Waals surface area contributed by atoms with Gasteiger partial charge in [0, 0.05) is 0 Å². The van der Waals surface area contributed by atoms with E-state index >= 15 is 0 Å². The van der Waals surface area contributed by atoms with Crippen molar-refractivity contribution >= 4 is 20.2 Å². The van der Waals surface area contributed by atoms with E-state index in [4.69, 9.17) is 19.3 Å². The summed E-state index contributed by atoms with van der Waals surface area (Å²) in [6.07, 6.45) is 0.126. The molecule has 12 heteroatoms. The van der Waals surface area contributed by atoms with Gasteiger partial charge in [-0.3, -0.25) is 9.11 Å². The van der Waals surface area contributed by atoms with E-state index in [1.807, 2.05) is 6.92 Å². The molecule has 1 unspecified atom stereocenters. The molecule has 0 amide bonds. The van der Waals surface area contributed by atoms with Crippen LogP contribution in [0, 0.1) is 0 Å². The van der Waals surface area contributed by atoms with Crippen LogP contribution >= 0.6 is 0 Å². The molecule has 1 atom stereocenters. The van der Waals surface area contributed by atoms with Crippen molar-refractivity contribution in [3.05, 3.63) is 0 Å². The number of aliphatic hydroxyl groups is 2. The minimum absolute atomic E-state index is 0.115. The third-order valence-corrected chi connectivity index (χ3v) is 1.51. The lowest BCUT2D eigenvalue weighted by atomic mass is 10.3. The zero-order valence-electron chi connectivity index (χ0n) is 9.40.